The van der Waals surface area contributed by atoms with E-state index in [1.807, 2.05) is 6.07 Å². The Morgan fingerprint density at radius 3 is 2.52 bits per heavy atom. The van der Waals surface area contributed by atoms with E-state index in [1.54, 1.807) is 35.3 Å². The van der Waals surface area contributed by atoms with Gasteiger partial charge in [0.05, 0.1) is 23.8 Å². The van der Waals surface area contributed by atoms with E-state index < -0.39 is 0 Å². The van der Waals surface area contributed by atoms with Gasteiger partial charge >= 0.3 is 6.03 Å². The Labute approximate surface area is 206 Å². The molecule has 10 heteroatoms. The summed E-state index contributed by atoms with van der Waals surface area (Å²) >= 11 is 7.60. The van der Waals surface area contributed by atoms with Crippen LogP contribution < -0.4 is 10.4 Å². The highest BCUT2D eigenvalue weighted by atomic mass is 32.2. The zero-order valence-electron chi connectivity index (χ0n) is 20.8. The van der Waals surface area contributed by atoms with Crippen molar-refractivity contribution >= 4 is 51.8 Å². The molecule has 2 aromatic rings. The number of amides is 1. The van der Waals surface area contributed by atoms with E-state index >= 15 is 0 Å². The van der Waals surface area contributed by atoms with Gasteiger partial charge in [0.1, 0.15) is 32.0 Å². The average molecular weight is 494 g/mol. The van der Waals surface area contributed by atoms with E-state index in [4.69, 9.17) is 17.2 Å². The smallest absolute Gasteiger partial charge is 0.329 e. The number of nitrogens with one attached hydrogen (secondary N) is 2. The molecule has 0 bridgehead atoms. The van der Waals surface area contributed by atoms with Gasteiger partial charge in [-0.25, -0.2) is 14.3 Å². The van der Waals surface area contributed by atoms with Crippen molar-refractivity contribution in [3.05, 3.63) is 23.2 Å². The predicted molar refractivity (Wildman–Crippen MR) is 140 cm³/mol. The normalized spacial score (nSPS) is 21.3. The second kappa shape index (κ2) is 9.87. The maximum absolute atomic E-state index is 13.2. The Bertz CT molecular complexity index is 1040. The third-order valence-electron chi connectivity index (χ3n) is 5.96. The molecule has 1 fully saturated rings. The summed E-state index contributed by atoms with van der Waals surface area (Å²) in [5.74, 6) is 1.70. The number of quaternary nitrogens is 2. The first-order valence-electron chi connectivity index (χ1n) is 11.5. The Morgan fingerprint density at radius 1 is 1.33 bits per heavy atom. The summed E-state index contributed by atoms with van der Waals surface area (Å²) in [6.45, 7) is 10.9. The van der Waals surface area contributed by atoms with Crippen LogP contribution in [0.4, 0.5) is 10.5 Å². The lowest BCUT2D eigenvalue weighted by Crippen LogP contribution is -3.11. The molecule has 0 saturated carbocycles. The molecule has 2 heterocycles. The fourth-order valence-corrected chi connectivity index (χ4v) is 5.04. The van der Waals surface area contributed by atoms with Crippen LogP contribution in [-0.2, 0) is 5.41 Å². The van der Waals surface area contributed by atoms with Gasteiger partial charge in [0.2, 0.25) is 0 Å². The molecule has 1 amide bonds. The lowest BCUT2D eigenvalue weighted by Gasteiger charge is -2.40. The number of aromatic nitrogens is 2. The highest BCUT2D eigenvalue weighted by Crippen LogP contribution is 2.35. The monoisotopic (exact) mass is 493 g/mol. The van der Waals surface area contributed by atoms with Gasteiger partial charge in [-0.1, -0.05) is 27.7 Å². The Kier molecular flexibility index (Phi) is 7.75. The zero-order valence-corrected chi connectivity index (χ0v) is 22.5. The number of nitrogens with zero attached hydrogens (tertiary/aromatic N) is 4. The molecule has 0 unspecified atom stereocenters. The van der Waals surface area contributed by atoms with Crippen LogP contribution in [0.1, 0.15) is 39.9 Å². The summed E-state index contributed by atoms with van der Waals surface area (Å²) in [6, 6.07) is 3.94. The maximum Gasteiger partial charge on any atom is 0.329 e. The Balaban J connectivity index is 2.11. The van der Waals surface area contributed by atoms with Gasteiger partial charge in [-0.3, -0.25) is 4.48 Å². The first-order chi connectivity index (χ1) is 15.4. The Hall–Kier alpha value is -1.72. The molecule has 0 atom stereocenters. The number of likely N-dealkylation sites (N-methyl/N-ethyl adjacent to an activating group) is 1. The maximum atomic E-state index is 13.2. The third-order valence-corrected chi connectivity index (χ3v) is 7.77. The van der Waals surface area contributed by atoms with Crippen molar-refractivity contribution in [3.8, 4) is 0 Å². The minimum absolute atomic E-state index is 0.126. The number of anilines is 1. The van der Waals surface area contributed by atoms with Crippen molar-refractivity contribution in [2.75, 3.05) is 58.4 Å². The summed E-state index contributed by atoms with van der Waals surface area (Å²) in [4.78, 5) is 20.7. The van der Waals surface area contributed by atoms with Crippen LogP contribution in [0, 0.1) is 5.21 Å². The first kappa shape index (κ1) is 25.9. The van der Waals surface area contributed by atoms with Crippen LogP contribution in [0.3, 0.4) is 0 Å². The number of thiocarbonyl (C=S) groups is 1. The molecular weight excluding hydrogens is 456 g/mol. The highest BCUT2D eigenvalue weighted by Gasteiger charge is 2.34. The molecule has 1 saturated heterocycles. The van der Waals surface area contributed by atoms with Crippen LogP contribution in [0.15, 0.2) is 17.0 Å². The molecule has 1 aromatic carbocycles. The predicted octanol–water partition coefficient (Wildman–Crippen LogP) is 2.91. The number of piperazine rings is 1. The van der Waals surface area contributed by atoms with Crippen molar-refractivity contribution in [3.63, 3.8) is 0 Å². The molecule has 3 rings (SSSR count). The van der Waals surface area contributed by atoms with E-state index in [2.05, 4.69) is 46.1 Å². The second-order valence-corrected chi connectivity index (χ2v) is 11.7. The quantitative estimate of drug-likeness (QED) is 0.295. The number of carbonyl (C=O) groups excluding carboxylic acids is 1. The molecule has 33 heavy (non-hydrogen) atoms. The fourth-order valence-electron chi connectivity index (χ4n) is 3.86. The number of hydroxylamine groups is 2. The first-order valence-corrected chi connectivity index (χ1v) is 12.9. The molecule has 1 aliphatic heterocycles. The van der Waals surface area contributed by atoms with Crippen LogP contribution in [0.5, 0.6) is 0 Å². The second-order valence-electron chi connectivity index (χ2n) is 10.2. The molecule has 2 N–H and O–H groups in total. The van der Waals surface area contributed by atoms with Crippen LogP contribution >= 0.6 is 24.0 Å². The summed E-state index contributed by atoms with van der Waals surface area (Å²) in [7, 11) is 5.59. The summed E-state index contributed by atoms with van der Waals surface area (Å²) in [6.07, 6.45) is 1.04. The third kappa shape index (κ3) is 5.51. The van der Waals surface area contributed by atoms with Gasteiger partial charge in [0.15, 0.2) is 0 Å². The number of benzene rings is 1. The molecule has 1 aliphatic rings. The van der Waals surface area contributed by atoms with Crippen molar-refractivity contribution in [2.24, 2.45) is 0 Å². The van der Waals surface area contributed by atoms with E-state index in [-0.39, 0.29) is 11.4 Å². The largest absolute Gasteiger partial charge is 0.634 e. The average Bonchev–Trinajstić information content (AvgIpc) is 3.12. The Morgan fingerprint density at radius 2 is 1.97 bits per heavy atom. The number of hydrogen-bond donors (Lipinski definition) is 2. The summed E-state index contributed by atoms with van der Waals surface area (Å²) in [5, 5.41) is 16.2. The van der Waals surface area contributed by atoms with Crippen molar-refractivity contribution in [1.29, 1.82) is 0 Å². The molecule has 182 valence electrons. The van der Waals surface area contributed by atoms with Crippen LogP contribution in [0.25, 0.3) is 11.0 Å². The van der Waals surface area contributed by atoms with Crippen molar-refractivity contribution < 1.29 is 14.3 Å². The number of fused-ring (bicyclic) bond motifs is 1. The van der Waals surface area contributed by atoms with Gasteiger partial charge in [0, 0.05) is 36.6 Å². The van der Waals surface area contributed by atoms with E-state index in [0.717, 1.165) is 39.6 Å². The molecule has 8 nitrogen and oxygen atoms in total. The number of rotatable bonds is 4. The van der Waals surface area contributed by atoms with Crippen molar-refractivity contribution in [2.45, 2.75) is 44.4 Å². The molecular formula is C23H37N6O2S2+. The fraction of sp³-hybridized carbons (Fsp3) is 0.609. The van der Waals surface area contributed by atoms with Crippen molar-refractivity contribution in [1.82, 2.24) is 14.5 Å². The van der Waals surface area contributed by atoms with Crippen LogP contribution in [-0.4, -0.2) is 83.2 Å². The molecule has 0 radical (unpaired) electrons. The van der Waals surface area contributed by atoms with Gasteiger partial charge in [0.25, 0.3) is 5.11 Å². The summed E-state index contributed by atoms with van der Waals surface area (Å²) < 4.78 is 2.26. The van der Waals surface area contributed by atoms with Gasteiger partial charge < -0.3 is 20.5 Å². The van der Waals surface area contributed by atoms with Crippen LogP contribution in [0.2, 0.25) is 0 Å². The molecule has 0 spiro atoms. The van der Waals surface area contributed by atoms with E-state index in [1.165, 1.54) is 0 Å². The molecule has 1 aromatic heterocycles. The number of carbonyl (C=O) groups is 1. The minimum Gasteiger partial charge on any atom is -0.634 e. The lowest BCUT2D eigenvalue weighted by molar-refractivity contribution is -0.950. The van der Waals surface area contributed by atoms with Gasteiger partial charge in [-0.2, -0.15) is 0 Å². The number of imidazole rings is 1. The van der Waals surface area contributed by atoms with E-state index in [9.17, 15) is 10.0 Å². The minimum atomic E-state index is -0.302. The van der Waals surface area contributed by atoms with Gasteiger partial charge in [-0.15, -0.1) is 11.8 Å². The van der Waals surface area contributed by atoms with E-state index in [0.29, 0.717) is 40.8 Å². The SMILES string of the molecule is CCCSc1cc2nc(C(C)(C)C)n(C(=O)N(C)C)c2cc1NC(=S)[N+]1(C)CC[NH+]([O-])CC1. The zero-order chi connectivity index (χ0) is 24.6. The standard InChI is InChI=1S/C23H36N6O2S2/c1-8-13-33-19-15-16-18(28(22(30)26(5)6)20(24-16)23(2,3)4)14-17(19)25-21(32)29(7)11-9-27(31)10-12-29/h14-15,27H,8-13H2,1-7H3/p+1. The highest BCUT2D eigenvalue weighted by molar-refractivity contribution is 7.99. The van der Waals surface area contributed by atoms with Gasteiger partial charge in [-0.05, 0) is 24.3 Å². The number of thioether (sulfide) groups is 1. The number of hydrogen-bond acceptors (Lipinski definition) is 5. The lowest BCUT2D eigenvalue weighted by atomic mass is 9.96. The topological polar surface area (TPSA) is 77.7 Å². The molecule has 0 aliphatic carbocycles. The summed E-state index contributed by atoms with van der Waals surface area (Å²) in [5.41, 5.74) is 2.15.